The fourth-order valence-corrected chi connectivity index (χ4v) is 2.33. The van der Waals surface area contributed by atoms with Gasteiger partial charge >= 0.3 is 0 Å². The first-order chi connectivity index (χ1) is 9.66. The average molecular weight is 332 g/mol. The van der Waals surface area contributed by atoms with Crippen LogP contribution < -0.4 is 4.90 Å². The summed E-state index contributed by atoms with van der Waals surface area (Å²) in [6, 6.07) is 17.8. The van der Waals surface area contributed by atoms with E-state index in [-0.39, 0.29) is 5.78 Å². The first kappa shape index (κ1) is 14.8. The third-order valence-electron chi connectivity index (χ3n) is 3.26. The summed E-state index contributed by atoms with van der Waals surface area (Å²) in [4.78, 5) is 14.2. The zero-order valence-corrected chi connectivity index (χ0v) is 13.1. The summed E-state index contributed by atoms with van der Waals surface area (Å²) >= 11 is 3.37. The lowest BCUT2D eigenvalue weighted by molar-refractivity contribution is 0.0981. The molecule has 3 heteroatoms. The van der Waals surface area contributed by atoms with E-state index < -0.39 is 0 Å². The lowest BCUT2D eigenvalue weighted by atomic mass is 10.1. The largest absolute Gasteiger partial charge is 0.375 e. The van der Waals surface area contributed by atoms with Crippen molar-refractivity contribution in [2.75, 3.05) is 18.5 Å². The van der Waals surface area contributed by atoms with Crippen LogP contribution in [0.1, 0.15) is 23.2 Å². The highest BCUT2D eigenvalue weighted by molar-refractivity contribution is 9.10. The number of carbonyl (C=O) groups is 1. The molecule has 0 heterocycles. The van der Waals surface area contributed by atoms with E-state index in [1.165, 1.54) is 5.69 Å². The summed E-state index contributed by atoms with van der Waals surface area (Å²) in [6.45, 7) is 0.881. The highest BCUT2D eigenvalue weighted by Gasteiger charge is 2.06. The fraction of sp³-hybridized carbons (Fsp3) is 0.235. The Morgan fingerprint density at radius 2 is 1.70 bits per heavy atom. The maximum absolute atomic E-state index is 12.0. The van der Waals surface area contributed by atoms with Crippen LogP contribution in [0, 0.1) is 0 Å². The van der Waals surface area contributed by atoms with E-state index in [0.717, 1.165) is 23.0 Å². The average Bonchev–Trinajstić information content (AvgIpc) is 2.48. The van der Waals surface area contributed by atoms with Crippen LogP contribution in [0.3, 0.4) is 0 Å². The molecule has 0 spiro atoms. The minimum absolute atomic E-state index is 0.207. The zero-order valence-electron chi connectivity index (χ0n) is 11.6. The van der Waals surface area contributed by atoms with Gasteiger partial charge in [-0.2, -0.15) is 0 Å². The Balaban J connectivity index is 1.81. The van der Waals surface area contributed by atoms with Crippen molar-refractivity contribution >= 4 is 27.4 Å². The first-order valence-corrected chi connectivity index (χ1v) is 7.51. The minimum atomic E-state index is 0.207. The van der Waals surface area contributed by atoms with E-state index >= 15 is 0 Å². The van der Waals surface area contributed by atoms with Gasteiger partial charge in [-0.25, -0.2) is 0 Å². The molecule has 0 aliphatic heterocycles. The van der Waals surface area contributed by atoms with Crippen LogP contribution in [-0.4, -0.2) is 19.4 Å². The van der Waals surface area contributed by atoms with Gasteiger partial charge in [-0.05, 0) is 30.7 Å². The molecule has 0 N–H and O–H groups in total. The summed E-state index contributed by atoms with van der Waals surface area (Å²) in [5.41, 5.74) is 1.97. The van der Waals surface area contributed by atoms with Crippen molar-refractivity contribution in [1.29, 1.82) is 0 Å². The summed E-state index contributed by atoms with van der Waals surface area (Å²) in [7, 11) is 2.05. The second kappa shape index (κ2) is 7.25. The molecule has 2 aromatic rings. The zero-order chi connectivity index (χ0) is 14.4. The molecular formula is C17H18BrNO. The Bertz CT molecular complexity index is 551. The number of rotatable bonds is 6. The molecule has 0 radical (unpaired) electrons. The number of nitrogens with zero attached hydrogens (tertiary/aromatic N) is 1. The monoisotopic (exact) mass is 331 g/mol. The Hall–Kier alpha value is -1.61. The molecule has 0 saturated heterocycles. The predicted octanol–water partition coefficient (Wildman–Crippen LogP) is 4.55. The summed E-state index contributed by atoms with van der Waals surface area (Å²) in [6.07, 6.45) is 1.44. The van der Waals surface area contributed by atoms with Crippen molar-refractivity contribution in [3.05, 3.63) is 64.6 Å². The molecule has 2 aromatic carbocycles. The molecule has 20 heavy (non-hydrogen) atoms. The molecule has 2 rings (SSSR count). The van der Waals surface area contributed by atoms with Crippen LogP contribution in [-0.2, 0) is 0 Å². The molecule has 2 nitrogen and oxygen atoms in total. The molecule has 0 amide bonds. The van der Waals surface area contributed by atoms with Gasteiger partial charge in [-0.15, -0.1) is 0 Å². The Labute approximate surface area is 128 Å². The van der Waals surface area contributed by atoms with Gasteiger partial charge in [0.1, 0.15) is 0 Å². The van der Waals surface area contributed by atoms with E-state index in [2.05, 4.69) is 40.0 Å². The van der Waals surface area contributed by atoms with Gasteiger partial charge in [0.15, 0.2) is 5.78 Å². The van der Waals surface area contributed by atoms with Crippen molar-refractivity contribution in [2.24, 2.45) is 0 Å². The van der Waals surface area contributed by atoms with Crippen LogP contribution in [0.15, 0.2) is 59.1 Å². The van der Waals surface area contributed by atoms with E-state index in [1.807, 2.05) is 42.5 Å². The van der Waals surface area contributed by atoms with Gasteiger partial charge in [0, 0.05) is 35.7 Å². The number of halogens is 1. The number of ketones is 1. The molecule has 104 valence electrons. The third-order valence-corrected chi connectivity index (χ3v) is 3.79. The maximum atomic E-state index is 12.0. The molecule has 0 aromatic heterocycles. The lowest BCUT2D eigenvalue weighted by Gasteiger charge is -2.18. The second-order valence-corrected chi connectivity index (χ2v) is 5.71. The number of hydrogen-bond acceptors (Lipinski definition) is 2. The van der Waals surface area contributed by atoms with Gasteiger partial charge in [0.2, 0.25) is 0 Å². The van der Waals surface area contributed by atoms with Crippen molar-refractivity contribution in [3.63, 3.8) is 0 Å². The molecule has 0 fully saturated rings. The highest BCUT2D eigenvalue weighted by Crippen LogP contribution is 2.14. The van der Waals surface area contributed by atoms with Crippen LogP contribution in [0.4, 0.5) is 5.69 Å². The molecule has 0 saturated carbocycles. The third kappa shape index (κ3) is 4.20. The molecular weight excluding hydrogens is 314 g/mol. The van der Waals surface area contributed by atoms with Gasteiger partial charge in [-0.3, -0.25) is 4.79 Å². The van der Waals surface area contributed by atoms with Crippen molar-refractivity contribution in [3.8, 4) is 0 Å². The highest BCUT2D eigenvalue weighted by atomic mass is 79.9. The van der Waals surface area contributed by atoms with E-state index in [1.54, 1.807) is 0 Å². The topological polar surface area (TPSA) is 20.3 Å². The van der Waals surface area contributed by atoms with Gasteiger partial charge < -0.3 is 4.90 Å². The molecule has 0 unspecified atom stereocenters. The normalized spacial score (nSPS) is 10.3. The minimum Gasteiger partial charge on any atom is -0.375 e. The number of para-hydroxylation sites is 1. The molecule has 0 bridgehead atoms. The van der Waals surface area contributed by atoms with Crippen LogP contribution >= 0.6 is 15.9 Å². The Kier molecular flexibility index (Phi) is 5.36. The summed E-state index contributed by atoms with van der Waals surface area (Å²) in [5, 5.41) is 0. The number of carbonyl (C=O) groups excluding carboxylic acids is 1. The van der Waals surface area contributed by atoms with E-state index in [4.69, 9.17) is 0 Å². The first-order valence-electron chi connectivity index (χ1n) is 6.72. The summed E-state index contributed by atoms with van der Waals surface area (Å²) in [5.74, 6) is 0.207. The smallest absolute Gasteiger partial charge is 0.162 e. The quantitative estimate of drug-likeness (QED) is 0.724. The van der Waals surface area contributed by atoms with Crippen molar-refractivity contribution in [2.45, 2.75) is 12.8 Å². The maximum Gasteiger partial charge on any atom is 0.162 e. The molecule has 0 aliphatic carbocycles. The number of benzene rings is 2. The van der Waals surface area contributed by atoms with Gasteiger partial charge in [-0.1, -0.05) is 46.3 Å². The number of hydrogen-bond donors (Lipinski definition) is 0. The summed E-state index contributed by atoms with van der Waals surface area (Å²) < 4.78 is 0.998. The van der Waals surface area contributed by atoms with E-state index in [0.29, 0.717) is 6.42 Å². The van der Waals surface area contributed by atoms with Crippen LogP contribution in [0.25, 0.3) is 0 Å². The molecule has 0 aliphatic rings. The SMILES string of the molecule is CN(CCCC(=O)c1ccc(Br)cc1)c1ccccc1. The van der Waals surface area contributed by atoms with Crippen molar-refractivity contribution < 1.29 is 4.79 Å². The van der Waals surface area contributed by atoms with Crippen molar-refractivity contribution in [1.82, 2.24) is 0 Å². The Morgan fingerprint density at radius 3 is 2.35 bits per heavy atom. The van der Waals surface area contributed by atoms with Gasteiger partial charge in [0.05, 0.1) is 0 Å². The van der Waals surface area contributed by atoms with E-state index in [9.17, 15) is 4.79 Å². The van der Waals surface area contributed by atoms with Crippen LogP contribution in [0.2, 0.25) is 0 Å². The van der Waals surface area contributed by atoms with Crippen LogP contribution in [0.5, 0.6) is 0 Å². The predicted molar refractivity (Wildman–Crippen MR) is 87.4 cm³/mol. The number of Topliss-reactive ketones (excluding diaryl/α,β-unsaturated/α-hetero) is 1. The lowest BCUT2D eigenvalue weighted by Crippen LogP contribution is -2.19. The molecule has 0 atom stereocenters. The van der Waals surface area contributed by atoms with Gasteiger partial charge in [0.25, 0.3) is 0 Å². The number of anilines is 1. The Morgan fingerprint density at radius 1 is 1.05 bits per heavy atom. The fourth-order valence-electron chi connectivity index (χ4n) is 2.07. The standard InChI is InChI=1S/C17H18BrNO/c1-19(16-6-3-2-4-7-16)13-5-8-17(20)14-9-11-15(18)12-10-14/h2-4,6-7,9-12H,5,8,13H2,1H3. The second-order valence-electron chi connectivity index (χ2n) is 4.79.